The van der Waals surface area contributed by atoms with Crippen molar-refractivity contribution in [3.63, 3.8) is 0 Å². The summed E-state index contributed by atoms with van der Waals surface area (Å²) >= 11 is 0. The summed E-state index contributed by atoms with van der Waals surface area (Å²) in [6, 6.07) is 4.69. The Bertz CT molecular complexity index is 689. The molecule has 9 heteroatoms. The van der Waals surface area contributed by atoms with Gasteiger partial charge in [0.05, 0.1) is 4.90 Å². The molecule has 23 heavy (non-hydrogen) atoms. The van der Waals surface area contributed by atoms with Gasteiger partial charge in [-0.2, -0.15) is 17.5 Å². The van der Waals surface area contributed by atoms with E-state index in [9.17, 15) is 26.4 Å². The van der Waals surface area contributed by atoms with Crippen molar-refractivity contribution < 1.29 is 26.4 Å². The van der Waals surface area contributed by atoms with Crippen LogP contribution < -0.4 is 5.32 Å². The van der Waals surface area contributed by atoms with Gasteiger partial charge in [0.25, 0.3) is 0 Å². The summed E-state index contributed by atoms with van der Waals surface area (Å²) in [4.78, 5) is 10.8. The van der Waals surface area contributed by atoms with Crippen LogP contribution in [0.3, 0.4) is 0 Å². The van der Waals surface area contributed by atoms with Crippen LogP contribution >= 0.6 is 0 Å². The summed E-state index contributed by atoms with van der Waals surface area (Å²) in [6.07, 6.45) is -2.61. The SMILES string of the molecule is CC1CCCCN1S(=O)(=O)c1cccc(NC(=O)C(F)(F)F)c1. The molecule has 1 atom stereocenters. The number of anilines is 1. The first kappa shape index (κ1) is 17.7. The van der Waals surface area contributed by atoms with Gasteiger partial charge < -0.3 is 5.32 Å². The molecule has 1 N–H and O–H groups in total. The van der Waals surface area contributed by atoms with Gasteiger partial charge in [0, 0.05) is 18.3 Å². The molecule has 0 aliphatic carbocycles. The van der Waals surface area contributed by atoms with Crippen LogP contribution in [0.1, 0.15) is 26.2 Å². The van der Waals surface area contributed by atoms with E-state index in [1.165, 1.54) is 22.5 Å². The van der Waals surface area contributed by atoms with Gasteiger partial charge in [-0.25, -0.2) is 8.42 Å². The molecule has 0 aromatic heterocycles. The average Bonchev–Trinajstić information content (AvgIpc) is 2.47. The van der Waals surface area contributed by atoms with E-state index < -0.39 is 22.1 Å². The maximum absolute atomic E-state index is 12.6. The van der Waals surface area contributed by atoms with Crippen LogP contribution in [-0.4, -0.2) is 37.4 Å². The number of nitrogens with zero attached hydrogens (tertiary/aromatic N) is 1. The Morgan fingerprint density at radius 1 is 1.30 bits per heavy atom. The van der Waals surface area contributed by atoms with Gasteiger partial charge in [0.1, 0.15) is 0 Å². The lowest BCUT2D eigenvalue weighted by Gasteiger charge is -2.32. The normalized spacial score (nSPS) is 20.3. The number of nitrogens with one attached hydrogen (secondary N) is 1. The van der Waals surface area contributed by atoms with Crippen LogP contribution in [0.25, 0.3) is 0 Å². The Hall–Kier alpha value is -1.61. The number of sulfonamides is 1. The van der Waals surface area contributed by atoms with Crippen LogP contribution in [0.15, 0.2) is 29.2 Å². The molecule has 128 valence electrons. The molecule has 1 aromatic rings. The smallest absolute Gasteiger partial charge is 0.318 e. The molecular weight excluding hydrogens is 333 g/mol. The second-order valence-corrected chi connectivity index (χ2v) is 7.33. The zero-order chi connectivity index (χ0) is 17.3. The topological polar surface area (TPSA) is 66.5 Å². The third-order valence-corrected chi connectivity index (χ3v) is 5.71. The molecule has 0 bridgehead atoms. The van der Waals surface area contributed by atoms with Crippen molar-refractivity contribution >= 4 is 21.6 Å². The predicted octanol–water partition coefficient (Wildman–Crippen LogP) is 2.75. The maximum atomic E-state index is 12.6. The molecular formula is C14H17F3N2O3S. The van der Waals surface area contributed by atoms with E-state index in [2.05, 4.69) is 0 Å². The number of hydrogen-bond acceptors (Lipinski definition) is 3. The highest BCUT2D eigenvalue weighted by molar-refractivity contribution is 7.89. The third kappa shape index (κ3) is 4.03. The number of benzene rings is 1. The number of carbonyl (C=O) groups is 1. The predicted molar refractivity (Wildman–Crippen MR) is 78.3 cm³/mol. The fourth-order valence-electron chi connectivity index (χ4n) is 2.50. The Morgan fingerprint density at radius 3 is 2.61 bits per heavy atom. The van der Waals surface area contributed by atoms with Crippen molar-refractivity contribution in [1.29, 1.82) is 0 Å². The molecule has 1 aliphatic heterocycles. The summed E-state index contributed by atoms with van der Waals surface area (Å²) in [5, 5.41) is 1.66. The monoisotopic (exact) mass is 350 g/mol. The van der Waals surface area contributed by atoms with E-state index in [0.29, 0.717) is 6.54 Å². The minimum atomic E-state index is -5.03. The summed E-state index contributed by atoms with van der Waals surface area (Å²) in [5.41, 5.74) is -0.210. The number of carbonyl (C=O) groups excluding carboxylic acids is 1. The maximum Gasteiger partial charge on any atom is 0.471 e. The van der Waals surface area contributed by atoms with Crippen molar-refractivity contribution in [3.05, 3.63) is 24.3 Å². The number of halogens is 3. The van der Waals surface area contributed by atoms with E-state index in [0.717, 1.165) is 25.3 Å². The Labute approximate surface area is 132 Å². The zero-order valence-corrected chi connectivity index (χ0v) is 13.2. The lowest BCUT2D eigenvalue weighted by Crippen LogP contribution is -2.41. The van der Waals surface area contributed by atoms with Crippen LogP contribution in [0, 0.1) is 0 Å². The molecule has 1 aromatic carbocycles. The molecule has 1 amide bonds. The molecule has 0 radical (unpaired) electrons. The van der Waals surface area contributed by atoms with E-state index >= 15 is 0 Å². The van der Waals surface area contributed by atoms with E-state index in [1.54, 1.807) is 12.2 Å². The average molecular weight is 350 g/mol. The van der Waals surface area contributed by atoms with E-state index in [4.69, 9.17) is 0 Å². The Balaban J connectivity index is 2.26. The Kier molecular flexibility index (Phi) is 5.00. The first-order valence-electron chi connectivity index (χ1n) is 7.12. The number of piperidine rings is 1. The highest BCUT2D eigenvalue weighted by Gasteiger charge is 2.39. The standard InChI is InChI=1S/C14H17F3N2O3S/c1-10-5-2-3-8-19(10)23(21,22)12-7-4-6-11(9-12)18-13(20)14(15,16)17/h4,6-7,9-10H,2-3,5,8H2,1H3,(H,18,20). The lowest BCUT2D eigenvalue weighted by molar-refractivity contribution is -0.167. The highest BCUT2D eigenvalue weighted by atomic mass is 32.2. The van der Waals surface area contributed by atoms with Crippen LogP contribution in [0.4, 0.5) is 18.9 Å². The van der Waals surface area contributed by atoms with Gasteiger partial charge in [-0.15, -0.1) is 0 Å². The molecule has 0 spiro atoms. The molecule has 1 saturated heterocycles. The molecule has 0 saturated carbocycles. The fraction of sp³-hybridized carbons (Fsp3) is 0.500. The van der Waals surface area contributed by atoms with Gasteiger partial charge in [-0.1, -0.05) is 12.5 Å². The molecule has 5 nitrogen and oxygen atoms in total. The molecule has 1 aliphatic rings. The van der Waals surface area contributed by atoms with Crippen molar-refractivity contribution in [2.75, 3.05) is 11.9 Å². The van der Waals surface area contributed by atoms with E-state index in [1.807, 2.05) is 0 Å². The fourth-order valence-corrected chi connectivity index (χ4v) is 4.25. The van der Waals surface area contributed by atoms with Crippen LogP contribution in [-0.2, 0) is 14.8 Å². The van der Waals surface area contributed by atoms with Gasteiger partial charge in [-0.3, -0.25) is 4.79 Å². The van der Waals surface area contributed by atoms with Crippen LogP contribution in [0.2, 0.25) is 0 Å². The van der Waals surface area contributed by atoms with Gasteiger partial charge in [-0.05, 0) is 38.0 Å². The summed E-state index contributed by atoms with van der Waals surface area (Å²) < 4.78 is 63.4. The van der Waals surface area contributed by atoms with Gasteiger partial charge in [0.15, 0.2) is 0 Å². The number of rotatable bonds is 3. The van der Waals surface area contributed by atoms with E-state index in [-0.39, 0.29) is 16.6 Å². The van der Waals surface area contributed by atoms with Gasteiger partial charge >= 0.3 is 12.1 Å². The van der Waals surface area contributed by atoms with Crippen molar-refractivity contribution in [2.24, 2.45) is 0 Å². The number of alkyl halides is 3. The minimum absolute atomic E-state index is 0.133. The molecule has 1 fully saturated rings. The zero-order valence-electron chi connectivity index (χ0n) is 12.4. The summed E-state index contributed by atoms with van der Waals surface area (Å²) in [5.74, 6) is -2.14. The molecule has 1 heterocycles. The first-order chi connectivity index (χ1) is 10.6. The second-order valence-electron chi connectivity index (χ2n) is 5.44. The van der Waals surface area contributed by atoms with Crippen LogP contribution in [0.5, 0.6) is 0 Å². The van der Waals surface area contributed by atoms with Crippen molar-refractivity contribution in [1.82, 2.24) is 4.31 Å². The number of hydrogen-bond donors (Lipinski definition) is 1. The highest BCUT2D eigenvalue weighted by Crippen LogP contribution is 2.27. The molecule has 1 unspecified atom stereocenters. The largest absolute Gasteiger partial charge is 0.471 e. The Morgan fingerprint density at radius 2 is 2.00 bits per heavy atom. The minimum Gasteiger partial charge on any atom is -0.318 e. The van der Waals surface area contributed by atoms with Crippen molar-refractivity contribution in [2.45, 2.75) is 43.3 Å². The van der Waals surface area contributed by atoms with Gasteiger partial charge in [0.2, 0.25) is 10.0 Å². The lowest BCUT2D eigenvalue weighted by atomic mass is 10.1. The first-order valence-corrected chi connectivity index (χ1v) is 8.56. The quantitative estimate of drug-likeness (QED) is 0.912. The summed E-state index contributed by atoms with van der Waals surface area (Å²) in [7, 11) is -3.80. The third-order valence-electron chi connectivity index (χ3n) is 3.70. The summed E-state index contributed by atoms with van der Waals surface area (Å²) in [6.45, 7) is 2.18. The van der Waals surface area contributed by atoms with Crippen molar-refractivity contribution in [3.8, 4) is 0 Å². The second kappa shape index (κ2) is 6.48. The molecule has 2 rings (SSSR count). The number of amides is 1.